The summed E-state index contributed by atoms with van der Waals surface area (Å²) in [6.07, 6.45) is 1.51. The molecule has 84 valence electrons. The van der Waals surface area contributed by atoms with Crippen LogP contribution in [0.5, 0.6) is 0 Å². The molecule has 4 heteroatoms. The highest BCUT2D eigenvalue weighted by molar-refractivity contribution is 6.81. The van der Waals surface area contributed by atoms with Gasteiger partial charge in [-0.15, -0.1) is 6.58 Å². The van der Waals surface area contributed by atoms with Crippen LogP contribution in [-0.4, -0.2) is 52.6 Å². The van der Waals surface area contributed by atoms with E-state index in [-0.39, 0.29) is 0 Å². The highest BCUT2D eigenvalue weighted by Crippen LogP contribution is 2.12. The van der Waals surface area contributed by atoms with E-state index in [1.807, 2.05) is 0 Å². The number of hydrogen-bond acceptors (Lipinski definition) is 3. The van der Waals surface area contributed by atoms with Crippen molar-refractivity contribution in [1.29, 1.82) is 0 Å². The molecule has 0 bridgehead atoms. The van der Waals surface area contributed by atoms with Crippen LogP contribution < -0.4 is 0 Å². The molecule has 0 aromatic carbocycles. The Hall–Kier alpha value is -0.163. The van der Waals surface area contributed by atoms with E-state index in [0.29, 0.717) is 0 Å². The molecular weight excluding hydrogens is 194 g/mol. The minimum absolute atomic E-state index is 0.756. The van der Waals surface area contributed by atoms with Crippen molar-refractivity contribution in [3.05, 3.63) is 12.3 Å². The van der Waals surface area contributed by atoms with Crippen LogP contribution in [0.25, 0.3) is 0 Å². The highest BCUT2D eigenvalue weighted by atomic mass is 28.3. The predicted octanol–water partition coefficient (Wildman–Crippen LogP) is 1.37. The van der Waals surface area contributed by atoms with Crippen LogP contribution >= 0.6 is 0 Å². The Morgan fingerprint density at radius 1 is 1.14 bits per heavy atom. The van der Waals surface area contributed by atoms with Crippen molar-refractivity contribution in [2.24, 2.45) is 0 Å². The van der Waals surface area contributed by atoms with E-state index >= 15 is 0 Å². The summed E-state index contributed by atoms with van der Waals surface area (Å²) in [5, 5.41) is 0. The zero-order valence-electron chi connectivity index (χ0n) is 9.88. The Morgan fingerprint density at radius 2 is 1.57 bits per heavy atom. The summed E-state index contributed by atoms with van der Waals surface area (Å²) in [7, 11) is 1.73. The standard InChI is InChI=1S/C10H23NO2Si/c1-6-11(7-2)14(8-3,9-12-4)10-13-5/h8H,3,6-7,9-10H2,1-2,4-5H3. The maximum atomic E-state index is 5.30. The molecule has 0 aliphatic rings. The van der Waals surface area contributed by atoms with Gasteiger partial charge in [-0.3, -0.25) is 0 Å². The molecule has 0 atom stereocenters. The van der Waals surface area contributed by atoms with Crippen molar-refractivity contribution in [2.45, 2.75) is 13.8 Å². The number of nitrogens with zero attached hydrogens (tertiary/aromatic N) is 1. The summed E-state index contributed by atoms with van der Waals surface area (Å²) in [4.78, 5) is 0. The quantitative estimate of drug-likeness (QED) is 0.573. The number of hydrogen-bond donors (Lipinski definition) is 0. The van der Waals surface area contributed by atoms with E-state index in [4.69, 9.17) is 9.47 Å². The molecule has 0 aliphatic heterocycles. The SMILES string of the molecule is C=C[Si](COC)(COC)N(CC)CC. The van der Waals surface area contributed by atoms with Crippen molar-refractivity contribution in [3.63, 3.8) is 0 Å². The van der Waals surface area contributed by atoms with Crippen molar-refractivity contribution in [1.82, 2.24) is 4.57 Å². The van der Waals surface area contributed by atoms with Gasteiger partial charge in [-0.05, 0) is 13.1 Å². The van der Waals surface area contributed by atoms with Crippen molar-refractivity contribution < 1.29 is 9.47 Å². The van der Waals surface area contributed by atoms with Gasteiger partial charge in [0.2, 0.25) is 8.24 Å². The van der Waals surface area contributed by atoms with Gasteiger partial charge in [0.15, 0.2) is 0 Å². The fourth-order valence-electron chi connectivity index (χ4n) is 1.82. The summed E-state index contributed by atoms with van der Waals surface area (Å²) in [6, 6.07) is 0. The van der Waals surface area contributed by atoms with Gasteiger partial charge in [0.1, 0.15) is 0 Å². The van der Waals surface area contributed by atoms with Crippen LogP contribution in [-0.2, 0) is 9.47 Å². The van der Waals surface area contributed by atoms with Crippen LogP contribution in [0.3, 0.4) is 0 Å². The van der Waals surface area contributed by atoms with Crippen molar-refractivity contribution in [3.8, 4) is 0 Å². The molecule has 0 aromatic rings. The molecule has 0 unspecified atom stereocenters. The van der Waals surface area contributed by atoms with Crippen molar-refractivity contribution >= 4 is 8.24 Å². The number of rotatable bonds is 8. The molecule has 0 radical (unpaired) electrons. The topological polar surface area (TPSA) is 21.7 Å². The average Bonchev–Trinajstić information content (AvgIpc) is 2.20. The Kier molecular flexibility index (Phi) is 7.09. The van der Waals surface area contributed by atoms with Crippen LogP contribution in [0.4, 0.5) is 0 Å². The average molecular weight is 217 g/mol. The second-order valence-electron chi connectivity index (χ2n) is 3.35. The van der Waals surface area contributed by atoms with E-state index in [1.54, 1.807) is 14.2 Å². The summed E-state index contributed by atoms with van der Waals surface area (Å²) < 4.78 is 13.0. The zero-order valence-corrected chi connectivity index (χ0v) is 10.9. The third-order valence-corrected chi connectivity index (χ3v) is 6.79. The first-order valence-electron chi connectivity index (χ1n) is 5.07. The molecule has 3 nitrogen and oxygen atoms in total. The second-order valence-corrected chi connectivity index (χ2v) is 7.17. The normalized spacial score (nSPS) is 12.1. The fourth-order valence-corrected chi connectivity index (χ4v) is 5.03. The predicted molar refractivity (Wildman–Crippen MR) is 62.6 cm³/mol. The van der Waals surface area contributed by atoms with E-state index in [2.05, 4.69) is 30.7 Å². The van der Waals surface area contributed by atoms with Crippen LogP contribution in [0.15, 0.2) is 12.3 Å². The molecule has 0 saturated carbocycles. The van der Waals surface area contributed by atoms with Crippen LogP contribution in [0.1, 0.15) is 13.8 Å². The first kappa shape index (κ1) is 13.8. The van der Waals surface area contributed by atoms with Crippen LogP contribution in [0, 0.1) is 0 Å². The molecule has 0 spiro atoms. The molecule has 0 aliphatic carbocycles. The summed E-state index contributed by atoms with van der Waals surface area (Å²) in [5.74, 6) is 0. The van der Waals surface area contributed by atoms with Gasteiger partial charge in [0.25, 0.3) is 0 Å². The zero-order chi connectivity index (χ0) is 11.0. The third-order valence-electron chi connectivity index (χ3n) is 2.56. The molecule has 0 fully saturated rings. The van der Waals surface area contributed by atoms with E-state index in [9.17, 15) is 0 Å². The third kappa shape index (κ3) is 3.20. The Bertz CT molecular complexity index is 154. The van der Waals surface area contributed by atoms with Gasteiger partial charge in [-0.25, -0.2) is 0 Å². The van der Waals surface area contributed by atoms with Crippen molar-refractivity contribution in [2.75, 3.05) is 39.8 Å². The van der Waals surface area contributed by atoms with Crippen LogP contribution in [0.2, 0.25) is 0 Å². The first-order chi connectivity index (χ1) is 6.70. The lowest BCUT2D eigenvalue weighted by molar-refractivity contribution is 0.200. The van der Waals surface area contributed by atoms with E-state index in [0.717, 1.165) is 25.5 Å². The molecular formula is C10H23NO2Si. The lowest BCUT2D eigenvalue weighted by atomic mass is 10.7. The minimum Gasteiger partial charge on any atom is -0.386 e. The molecule has 0 rings (SSSR count). The first-order valence-corrected chi connectivity index (χ1v) is 7.51. The molecule has 0 heterocycles. The number of methoxy groups -OCH3 is 2. The van der Waals surface area contributed by atoms with Gasteiger partial charge >= 0.3 is 0 Å². The smallest absolute Gasteiger partial charge is 0.204 e. The molecule has 14 heavy (non-hydrogen) atoms. The molecule has 0 N–H and O–H groups in total. The Labute approximate surface area is 88.8 Å². The maximum Gasteiger partial charge on any atom is 0.204 e. The molecule has 0 aromatic heterocycles. The lowest BCUT2D eigenvalue weighted by Crippen LogP contribution is -2.59. The summed E-state index contributed by atoms with van der Waals surface area (Å²) >= 11 is 0. The van der Waals surface area contributed by atoms with Gasteiger partial charge < -0.3 is 14.0 Å². The van der Waals surface area contributed by atoms with E-state index < -0.39 is 8.24 Å². The Balaban J connectivity index is 4.68. The van der Waals surface area contributed by atoms with E-state index in [1.165, 1.54) is 0 Å². The Morgan fingerprint density at radius 3 is 1.79 bits per heavy atom. The highest BCUT2D eigenvalue weighted by Gasteiger charge is 2.35. The fraction of sp³-hybridized carbons (Fsp3) is 0.800. The minimum atomic E-state index is -1.75. The van der Waals surface area contributed by atoms with Gasteiger partial charge in [-0.2, -0.15) is 0 Å². The second kappa shape index (κ2) is 7.17. The lowest BCUT2D eigenvalue weighted by Gasteiger charge is -2.37. The monoisotopic (exact) mass is 217 g/mol. The van der Waals surface area contributed by atoms with Gasteiger partial charge in [0, 0.05) is 14.2 Å². The largest absolute Gasteiger partial charge is 0.386 e. The summed E-state index contributed by atoms with van der Waals surface area (Å²) in [6.45, 7) is 10.3. The molecule has 0 saturated heterocycles. The maximum absolute atomic E-state index is 5.30. The number of ether oxygens (including phenoxy) is 2. The molecule has 0 amide bonds. The summed E-state index contributed by atoms with van der Waals surface area (Å²) in [5.41, 5.74) is 2.06. The van der Waals surface area contributed by atoms with Gasteiger partial charge in [-0.1, -0.05) is 19.5 Å². The van der Waals surface area contributed by atoms with Gasteiger partial charge in [0.05, 0.1) is 12.5 Å².